The van der Waals surface area contributed by atoms with Crippen LogP contribution in [0.15, 0.2) is 53.4 Å². The highest BCUT2D eigenvalue weighted by Crippen LogP contribution is 2.24. The minimum atomic E-state index is 0.0617. The van der Waals surface area contributed by atoms with E-state index in [-0.39, 0.29) is 6.04 Å². The molecule has 0 aliphatic carbocycles. The monoisotopic (exact) mass is 291 g/mol. The number of rotatable bonds is 5. The third-order valence-corrected chi connectivity index (χ3v) is 4.44. The molecule has 2 rings (SSSR count). The second kappa shape index (κ2) is 6.99. The van der Waals surface area contributed by atoms with Crippen LogP contribution in [0.5, 0.6) is 0 Å². The molecule has 1 unspecified atom stereocenters. The Morgan fingerprint density at radius 3 is 2.26 bits per heavy atom. The first-order chi connectivity index (χ1) is 9.19. The average Bonchev–Trinajstić information content (AvgIpc) is 2.46. The van der Waals surface area contributed by atoms with Gasteiger partial charge in [0.25, 0.3) is 0 Å². The van der Waals surface area contributed by atoms with Gasteiger partial charge in [-0.3, -0.25) is 0 Å². The van der Waals surface area contributed by atoms with Gasteiger partial charge in [-0.2, -0.15) is 0 Å². The summed E-state index contributed by atoms with van der Waals surface area (Å²) in [6.45, 7) is 2.16. The van der Waals surface area contributed by atoms with Crippen molar-refractivity contribution in [1.82, 2.24) is 0 Å². The topological polar surface area (TPSA) is 26.0 Å². The van der Waals surface area contributed by atoms with Gasteiger partial charge in [0, 0.05) is 21.7 Å². The molecule has 100 valence electrons. The van der Waals surface area contributed by atoms with Crippen molar-refractivity contribution in [1.29, 1.82) is 0 Å². The molecular formula is C16H18ClNS. The van der Waals surface area contributed by atoms with Crippen molar-refractivity contribution < 1.29 is 0 Å². The van der Waals surface area contributed by atoms with Gasteiger partial charge in [0.2, 0.25) is 0 Å². The summed E-state index contributed by atoms with van der Waals surface area (Å²) in [5.41, 5.74) is 8.76. The number of benzene rings is 2. The number of hydrogen-bond donors (Lipinski definition) is 1. The summed E-state index contributed by atoms with van der Waals surface area (Å²) in [5.74, 6) is 0.868. The maximum atomic E-state index is 6.22. The maximum absolute atomic E-state index is 6.22. The molecule has 0 radical (unpaired) electrons. The van der Waals surface area contributed by atoms with E-state index in [9.17, 15) is 0 Å². The minimum Gasteiger partial charge on any atom is -0.323 e. The molecule has 0 aromatic heterocycles. The smallest absolute Gasteiger partial charge is 0.0406 e. The highest BCUT2D eigenvalue weighted by molar-refractivity contribution is 7.99. The summed E-state index contributed by atoms with van der Waals surface area (Å²) in [6, 6.07) is 16.5. The van der Waals surface area contributed by atoms with Gasteiger partial charge in [-0.1, -0.05) is 42.8 Å². The van der Waals surface area contributed by atoms with E-state index in [0.29, 0.717) is 0 Å². The predicted octanol–water partition coefficient (Wildman–Crippen LogP) is 4.69. The Hall–Kier alpha value is -0.960. The van der Waals surface area contributed by atoms with Crippen LogP contribution in [-0.4, -0.2) is 5.75 Å². The standard InChI is InChI=1S/C16H18ClNS/c1-2-12-3-5-13(6-4-12)16(18)11-19-15-9-7-14(17)8-10-15/h3-10,16H,2,11,18H2,1H3. The summed E-state index contributed by atoms with van der Waals surface area (Å²) in [4.78, 5) is 1.20. The normalized spacial score (nSPS) is 12.4. The first kappa shape index (κ1) is 14.4. The molecule has 19 heavy (non-hydrogen) atoms. The van der Waals surface area contributed by atoms with Crippen LogP contribution in [0.2, 0.25) is 5.02 Å². The van der Waals surface area contributed by atoms with Crippen molar-refractivity contribution in [2.75, 3.05) is 5.75 Å². The van der Waals surface area contributed by atoms with Crippen LogP contribution in [0, 0.1) is 0 Å². The van der Waals surface area contributed by atoms with E-state index < -0.39 is 0 Å². The highest BCUT2D eigenvalue weighted by atomic mass is 35.5. The summed E-state index contributed by atoms with van der Waals surface area (Å²) >= 11 is 7.62. The van der Waals surface area contributed by atoms with Crippen LogP contribution in [0.25, 0.3) is 0 Å². The number of thioether (sulfide) groups is 1. The average molecular weight is 292 g/mol. The Morgan fingerprint density at radius 2 is 1.68 bits per heavy atom. The molecule has 1 atom stereocenters. The lowest BCUT2D eigenvalue weighted by Gasteiger charge is -2.12. The van der Waals surface area contributed by atoms with Crippen LogP contribution in [0.3, 0.4) is 0 Å². The third-order valence-electron chi connectivity index (χ3n) is 3.06. The number of halogens is 1. The zero-order valence-corrected chi connectivity index (χ0v) is 12.5. The third kappa shape index (κ3) is 4.27. The van der Waals surface area contributed by atoms with Crippen molar-refractivity contribution in [3.05, 3.63) is 64.7 Å². The van der Waals surface area contributed by atoms with E-state index in [4.69, 9.17) is 17.3 Å². The van der Waals surface area contributed by atoms with E-state index >= 15 is 0 Å². The molecule has 0 saturated heterocycles. The van der Waals surface area contributed by atoms with Gasteiger partial charge in [0.1, 0.15) is 0 Å². The van der Waals surface area contributed by atoms with Crippen molar-refractivity contribution in [3.8, 4) is 0 Å². The first-order valence-electron chi connectivity index (χ1n) is 6.42. The molecule has 0 spiro atoms. The van der Waals surface area contributed by atoms with Crippen molar-refractivity contribution in [2.24, 2.45) is 5.73 Å². The van der Waals surface area contributed by atoms with E-state index in [1.807, 2.05) is 24.3 Å². The maximum Gasteiger partial charge on any atom is 0.0406 e. The Morgan fingerprint density at radius 1 is 1.05 bits per heavy atom. The van der Waals surface area contributed by atoms with Crippen molar-refractivity contribution in [2.45, 2.75) is 24.3 Å². The summed E-state index contributed by atoms with van der Waals surface area (Å²) in [5, 5.41) is 0.767. The minimum absolute atomic E-state index is 0.0617. The van der Waals surface area contributed by atoms with Gasteiger partial charge in [0.05, 0.1) is 0 Å². The van der Waals surface area contributed by atoms with Gasteiger partial charge in [-0.25, -0.2) is 0 Å². The quantitative estimate of drug-likeness (QED) is 0.809. The highest BCUT2D eigenvalue weighted by Gasteiger charge is 2.06. The molecule has 0 amide bonds. The van der Waals surface area contributed by atoms with Crippen LogP contribution >= 0.6 is 23.4 Å². The van der Waals surface area contributed by atoms with Gasteiger partial charge in [-0.05, 0) is 41.8 Å². The van der Waals surface area contributed by atoms with Crippen LogP contribution in [0.4, 0.5) is 0 Å². The summed E-state index contributed by atoms with van der Waals surface area (Å²) in [7, 11) is 0. The lowest BCUT2D eigenvalue weighted by atomic mass is 10.1. The Balaban J connectivity index is 1.93. The summed E-state index contributed by atoms with van der Waals surface area (Å²) < 4.78 is 0. The number of aryl methyl sites for hydroxylation is 1. The van der Waals surface area contributed by atoms with Crippen LogP contribution < -0.4 is 5.73 Å². The zero-order valence-electron chi connectivity index (χ0n) is 11.0. The molecule has 0 aliphatic rings. The van der Waals surface area contributed by atoms with E-state index in [1.165, 1.54) is 16.0 Å². The fourth-order valence-electron chi connectivity index (χ4n) is 1.81. The Labute approximate surface area is 124 Å². The van der Waals surface area contributed by atoms with E-state index in [0.717, 1.165) is 17.2 Å². The number of nitrogens with two attached hydrogens (primary N) is 1. The van der Waals surface area contributed by atoms with Crippen LogP contribution in [0.1, 0.15) is 24.1 Å². The molecule has 1 nitrogen and oxygen atoms in total. The SMILES string of the molecule is CCc1ccc(C(N)CSc2ccc(Cl)cc2)cc1. The first-order valence-corrected chi connectivity index (χ1v) is 7.78. The molecule has 0 bridgehead atoms. The predicted molar refractivity (Wildman–Crippen MR) is 84.9 cm³/mol. The number of hydrogen-bond acceptors (Lipinski definition) is 2. The van der Waals surface area contributed by atoms with Gasteiger partial charge in [-0.15, -0.1) is 11.8 Å². The molecule has 0 fully saturated rings. The Bertz CT molecular complexity index is 507. The fourth-order valence-corrected chi connectivity index (χ4v) is 2.83. The summed E-state index contributed by atoms with van der Waals surface area (Å²) in [6.07, 6.45) is 1.06. The molecule has 0 saturated carbocycles. The van der Waals surface area contributed by atoms with E-state index in [1.54, 1.807) is 11.8 Å². The lowest BCUT2D eigenvalue weighted by Crippen LogP contribution is -2.12. The van der Waals surface area contributed by atoms with Crippen molar-refractivity contribution >= 4 is 23.4 Å². The van der Waals surface area contributed by atoms with Crippen LogP contribution in [-0.2, 0) is 6.42 Å². The molecule has 3 heteroatoms. The second-order valence-electron chi connectivity index (χ2n) is 4.47. The van der Waals surface area contributed by atoms with Gasteiger partial charge < -0.3 is 5.73 Å². The molecular weight excluding hydrogens is 274 g/mol. The molecule has 2 N–H and O–H groups in total. The molecule has 2 aromatic carbocycles. The Kier molecular flexibility index (Phi) is 5.32. The lowest BCUT2D eigenvalue weighted by molar-refractivity contribution is 0.830. The van der Waals surface area contributed by atoms with E-state index in [2.05, 4.69) is 31.2 Å². The molecule has 0 aliphatic heterocycles. The molecule has 2 aromatic rings. The second-order valence-corrected chi connectivity index (χ2v) is 6.00. The van der Waals surface area contributed by atoms with Gasteiger partial charge in [0.15, 0.2) is 0 Å². The zero-order chi connectivity index (χ0) is 13.7. The fraction of sp³-hybridized carbons (Fsp3) is 0.250. The van der Waals surface area contributed by atoms with Gasteiger partial charge >= 0.3 is 0 Å². The molecule has 0 heterocycles. The largest absolute Gasteiger partial charge is 0.323 e. The van der Waals surface area contributed by atoms with Crippen molar-refractivity contribution in [3.63, 3.8) is 0 Å².